The first-order chi connectivity index (χ1) is 13.0. The van der Waals surface area contributed by atoms with Gasteiger partial charge in [-0.05, 0) is 24.5 Å². The molecule has 2 aromatic rings. The smallest absolute Gasteiger partial charge is 0.295 e. The summed E-state index contributed by atoms with van der Waals surface area (Å²) >= 11 is 0. The maximum absolute atomic E-state index is 13.0. The second-order valence-corrected chi connectivity index (χ2v) is 7.29. The van der Waals surface area contributed by atoms with E-state index in [1.807, 2.05) is 21.9 Å². The summed E-state index contributed by atoms with van der Waals surface area (Å²) in [5, 5.41) is 0. The molecule has 7 nitrogen and oxygen atoms in total. The summed E-state index contributed by atoms with van der Waals surface area (Å²) in [7, 11) is 0. The van der Waals surface area contributed by atoms with Gasteiger partial charge in [0.2, 0.25) is 5.91 Å². The van der Waals surface area contributed by atoms with Gasteiger partial charge in [0.1, 0.15) is 5.52 Å². The first-order valence-corrected chi connectivity index (χ1v) is 9.50. The lowest BCUT2D eigenvalue weighted by Gasteiger charge is -2.35. The van der Waals surface area contributed by atoms with Gasteiger partial charge in [-0.15, -0.1) is 6.58 Å². The molecule has 1 fully saturated rings. The number of aromatic nitrogens is 3. The van der Waals surface area contributed by atoms with Gasteiger partial charge in [0.25, 0.3) is 5.56 Å². The molecule has 1 aliphatic rings. The standard InChI is InChI=1S/C20H27N5O2/c1-4-10-25-18-16(6-5-9-21-18)22-19(20(25)27)24-13-11-23(12-14-24)17(26)8-7-15(2)3/h4-6,9,15H,1,7-8,10-14H2,2-3H3. The predicted octanol–water partition coefficient (Wildman–Crippen LogP) is 2.06. The number of carbonyl (C=O) groups is 1. The average molecular weight is 369 g/mol. The zero-order valence-electron chi connectivity index (χ0n) is 16.1. The molecular formula is C20H27N5O2. The van der Waals surface area contributed by atoms with Crippen molar-refractivity contribution in [1.29, 1.82) is 0 Å². The largest absolute Gasteiger partial charge is 0.348 e. The molecule has 0 radical (unpaired) electrons. The molecule has 0 spiro atoms. The van der Waals surface area contributed by atoms with Crippen LogP contribution in [-0.2, 0) is 11.3 Å². The Kier molecular flexibility index (Phi) is 5.88. The second-order valence-electron chi connectivity index (χ2n) is 7.29. The summed E-state index contributed by atoms with van der Waals surface area (Å²) < 4.78 is 1.60. The van der Waals surface area contributed by atoms with E-state index in [1.54, 1.807) is 16.8 Å². The lowest BCUT2D eigenvalue weighted by molar-refractivity contribution is -0.131. The van der Waals surface area contributed by atoms with Crippen LogP contribution in [0.2, 0.25) is 0 Å². The quantitative estimate of drug-likeness (QED) is 0.729. The van der Waals surface area contributed by atoms with Crippen LogP contribution in [0.3, 0.4) is 0 Å². The van der Waals surface area contributed by atoms with Gasteiger partial charge in [-0.25, -0.2) is 9.97 Å². The lowest BCUT2D eigenvalue weighted by Crippen LogP contribution is -2.50. The van der Waals surface area contributed by atoms with Gasteiger partial charge < -0.3 is 9.80 Å². The Labute approximate surface area is 159 Å². The van der Waals surface area contributed by atoms with E-state index in [-0.39, 0.29) is 11.5 Å². The van der Waals surface area contributed by atoms with Crippen molar-refractivity contribution in [2.24, 2.45) is 5.92 Å². The monoisotopic (exact) mass is 369 g/mol. The summed E-state index contributed by atoms with van der Waals surface area (Å²) in [6.07, 6.45) is 4.84. The molecule has 1 amide bonds. The highest BCUT2D eigenvalue weighted by molar-refractivity contribution is 5.76. The number of piperazine rings is 1. The van der Waals surface area contributed by atoms with Crippen molar-refractivity contribution in [3.63, 3.8) is 0 Å². The number of pyridine rings is 1. The molecule has 3 rings (SSSR count). The molecule has 0 N–H and O–H groups in total. The minimum absolute atomic E-state index is 0.166. The van der Waals surface area contributed by atoms with Crippen molar-refractivity contribution in [3.8, 4) is 0 Å². The Hall–Kier alpha value is -2.70. The minimum atomic E-state index is -0.166. The van der Waals surface area contributed by atoms with Gasteiger partial charge in [0.15, 0.2) is 11.5 Å². The Morgan fingerprint density at radius 2 is 2.04 bits per heavy atom. The number of rotatable bonds is 6. The molecule has 0 unspecified atom stereocenters. The summed E-state index contributed by atoms with van der Waals surface area (Å²) in [6.45, 7) is 10.8. The van der Waals surface area contributed by atoms with Crippen LogP contribution < -0.4 is 10.5 Å². The maximum atomic E-state index is 13.0. The van der Waals surface area contributed by atoms with E-state index in [0.29, 0.717) is 62.0 Å². The zero-order chi connectivity index (χ0) is 19.4. The summed E-state index contributed by atoms with van der Waals surface area (Å²) in [6, 6.07) is 3.67. The Morgan fingerprint density at radius 1 is 1.30 bits per heavy atom. The molecule has 0 aliphatic carbocycles. The SMILES string of the molecule is C=CCn1c(=O)c(N2CCN(C(=O)CCC(C)C)CC2)nc2cccnc21. The number of carbonyl (C=O) groups excluding carboxylic acids is 1. The fourth-order valence-electron chi connectivity index (χ4n) is 3.30. The average Bonchev–Trinajstić information content (AvgIpc) is 2.68. The second kappa shape index (κ2) is 8.33. The Morgan fingerprint density at radius 3 is 2.70 bits per heavy atom. The van der Waals surface area contributed by atoms with E-state index in [4.69, 9.17) is 0 Å². The van der Waals surface area contributed by atoms with E-state index in [2.05, 4.69) is 30.4 Å². The molecule has 3 heterocycles. The molecule has 7 heteroatoms. The number of fused-ring (bicyclic) bond motifs is 1. The first kappa shape index (κ1) is 19.1. The van der Waals surface area contributed by atoms with Crippen molar-refractivity contribution in [3.05, 3.63) is 41.3 Å². The van der Waals surface area contributed by atoms with E-state index in [0.717, 1.165) is 6.42 Å². The Balaban J connectivity index is 1.79. The van der Waals surface area contributed by atoms with Crippen LogP contribution >= 0.6 is 0 Å². The van der Waals surface area contributed by atoms with E-state index in [9.17, 15) is 9.59 Å². The van der Waals surface area contributed by atoms with Crippen molar-refractivity contribution >= 4 is 22.9 Å². The number of hydrogen-bond acceptors (Lipinski definition) is 5. The number of allylic oxidation sites excluding steroid dienone is 1. The van der Waals surface area contributed by atoms with Crippen molar-refractivity contribution < 1.29 is 4.79 Å². The lowest BCUT2D eigenvalue weighted by atomic mass is 10.1. The van der Waals surface area contributed by atoms with Gasteiger partial charge >= 0.3 is 0 Å². The number of amides is 1. The molecule has 1 aliphatic heterocycles. The molecule has 144 valence electrons. The zero-order valence-corrected chi connectivity index (χ0v) is 16.1. The van der Waals surface area contributed by atoms with Crippen molar-refractivity contribution in [2.75, 3.05) is 31.1 Å². The van der Waals surface area contributed by atoms with Crippen LogP contribution in [0, 0.1) is 5.92 Å². The summed E-state index contributed by atoms with van der Waals surface area (Å²) in [5.74, 6) is 1.14. The predicted molar refractivity (Wildman–Crippen MR) is 107 cm³/mol. The third kappa shape index (κ3) is 4.18. The van der Waals surface area contributed by atoms with Gasteiger partial charge in [-0.1, -0.05) is 19.9 Å². The molecular weight excluding hydrogens is 342 g/mol. The fourth-order valence-corrected chi connectivity index (χ4v) is 3.30. The number of nitrogens with zero attached hydrogens (tertiary/aromatic N) is 5. The minimum Gasteiger partial charge on any atom is -0.348 e. The third-order valence-corrected chi connectivity index (χ3v) is 4.86. The van der Waals surface area contributed by atoms with E-state index >= 15 is 0 Å². The molecule has 0 aromatic carbocycles. The van der Waals surface area contributed by atoms with Crippen LogP contribution in [0.25, 0.3) is 11.2 Å². The molecule has 1 saturated heterocycles. The highest BCUT2D eigenvalue weighted by atomic mass is 16.2. The van der Waals surface area contributed by atoms with Gasteiger partial charge in [0, 0.05) is 45.3 Å². The molecule has 0 saturated carbocycles. The Bertz CT molecular complexity index is 882. The highest BCUT2D eigenvalue weighted by Gasteiger charge is 2.24. The summed E-state index contributed by atoms with van der Waals surface area (Å²) in [5.41, 5.74) is 1.08. The first-order valence-electron chi connectivity index (χ1n) is 9.50. The van der Waals surface area contributed by atoms with Gasteiger partial charge in [-0.2, -0.15) is 0 Å². The van der Waals surface area contributed by atoms with Gasteiger partial charge in [0.05, 0.1) is 0 Å². The molecule has 0 atom stereocenters. The van der Waals surface area contributed by atoms with Crippen LogP contribution in [0.5, 0.6) is 0 Å². The highest BCUT2D eigenvalue weighted by Crippen LogP contribution is 2.15. The van der Waals surface area contributed by atoms with Crippen LogP contribution in [0.15, 0.2) is 35.8 Å². The summed E-state index contributed by atoms with van der Waals surface area (Å²) in [4.78, 5) is 38.0. The molecule has 27 heavy (non-hydrogen) atoms. The number of hydrogen-bond donors (Lipinski definition) is 0. The van der Waals surface area contributed by atoms with Crippen molar-refractivity contribution in [1.82, 2.24) is 19.4 Å². The molecule has 2 aromatic heterocycles. The van der Waals surface area contributed by atoms with Crippen LogP contribution in [-0.4, -0.2) is 51.5 Å². The van der Waals surface area contributed by atoms with Crippen LogP contribution in [0.4, 0.5) is 5.82 Å². The van der Waals surface area contributed by atoms with Crippen LogP contribution in [0.1, 0.15) is 26.7 Å². The molecule has 0 bridgehead atoms. The fraction of sp³-hybridized carbons (Fsp3) is 0.500. The third-order valence-electron chi connectivity index (χ3n) is 4.86. The van der Waals surface area contributed by atoms with Gasteiger partial charge in [-0.3, -0.25) is 14.2 Å². The normalized spacial score (nSPS) is 14.8. The van der Waals surface area contributed by atoms with E-state index < -0.39 is 0 Å². The topological polar surface area (TPSA) is 71.3 Å². The maximum Gasteiger partial charge on any atom is 0.295 e. The number of anilines is 1. The van der Waals surface area contributed by atoms with E-state index in [1.165, 1.54) is 0 Å². The van der Waals surface area contributed by atoms with Crippen molar-refractivity contribution in [2.45, 2.75) is 33.2 Å².